The van der Waals surface area contributed by atoms with Gasteiger partial charge in [-0.25, -0.2) is 0 Å². The van der Waals surface area contributed by atoms with Crippen molar-refractivity contribution in [1.82, 2.24) is 9.47 Å². The fourth-order valence-electron chi connectivity index (χ4n) is 3.93. The van der Waals surface area contributed by atoms with Gasteiger partial charge in [-0.1, -0.05) is 25.1 Å². The van der Waals surface area contributed by atoms with Gasteiger partial charge in [-0.2, -0.15) is 5.26 Å². The van der Waals surface area contributed by atoms with E-state index in [1.807, 2.05) is 44.2 Å². The van der Waals surface area contributed by atoms with Crippen molar-refractivity contribution in [2.24, 2.45) is 0 Å². The summed E-state index contributed by atoms with van der Waals surface area (Å²) in [6, 6.07) is 9.80. The number of para-hydroxylation sites is 1. The lowest BCUT2D eigenvalue weighted by Gasteiger charge is -2.13. The van der Waals surface area contributed by atoms with Gasteiger partial charge in [-0.05, 0) is 31.9 Å². The minimum Gasteiger partial charge on any atom is -0.460 e. The maximum atomic E-state index is 13.1. The SMILES string of the molecule is CCc1oc2ccccc2c1/C=c1\s/c(=C(/C#N)C(=O)N2CCCC2)n(CC)c1=O. The highest BCUT2D eigenvalue weighted by molar-refractivity contribution is 7.07. The molecule has 4 rings (SSSR count). The van der Waals surface area contributed by atoms with Crippen LogP contribution >= 0.6 is 11.3 Å². The molecule has 6 nitrogen and oxygen atoms in total. The third kappa shape index (κ3) is 3.37. The molecule has 1 aromatic carbocycles. The number of hydrogen-bond donors (Lipinski definition) is 0. The molecule has 0 atom stereocenters. The lowest BCUT2D eigenvalue weighted by Crippen LogP contribution is -2.35. The summed E-state index contributed by atoms with van der Waals surface area (Å²) < 4.78 is 8.39. The van der Waals surface area contributed by atoms with Crippen LogP contribution in [0.15, 0.2) is 33.5 Å². The number of carbonyl (C=O) groups excluding carboxylic acids is 1. The van der Waals surface area contributed by atoms with Gasteiger partial charge in [-0.15, -0.1) is 11.3 Å². The molecule has 3 heterocycles. The Labute approximate surface area is 178 Å². The van der Waals surface area contributed by atoms with E-state index in [4.69, 9.17) is 4.42 Å². The molecule has 0 saturated carbocycles. The summed E-state index contributed by atoms with van der Waals surface area (Å²) >= 11 is 1.20. The molecule has 1 saturated heterocycles. The van der Waals surface area contributed by atoms with Crippen molar-refractivity contribution in [2.45, 2.75) is 39.7 Å². The predicted octanol–water partition coefficient (Wildman–Crippen LogP) is 2.36. The highest BCUT2D eigenvalue weighted by Gasteiger charge is 2.24. The zero-order valence-electron chi connectivity index (χ0n) is 17.1. The zero-order chi connectivity index (χ0) is 21.3. The molecule has 1 aliphatic rings. The molecule has 0 unspecified atom stereocenters. The van der Waals surface area contributed by atoms with Crippen LogP contribution in [0.25, 0.3) is 22.6 Å². The van der Waals surface area contributed by atoms with Gasteiger partial charge in [0.2, 0.25) is 0 Å². The Kier molecular flexibility index (Phi) is 5.60. The molecule has 1 aliphatic heterocycles. The molecule has 1 amide bonds. The number of nitrogens with zero attached hydrogens (tertiary/aromatic N) is 3. The summed E-state index contributed by atoms with van der Waals surface area (Å²) in [5, 5.41) is 10.7. The molecule has 1 fully saturated rings. The van der Waals surface area contributed by atoms with Crippen LogP contribution in [0.4, 0.5) is 0 Å². The van der Waals surface area contributed by atoms with Gasteiger partial charge in [0.15, 0.2) is 5.57 Å². The van der Waals surface area contributed by atoms with E-state index < -0.39 is 0 Å². The number of furan rings is 1. The first-order valence-corrected chi connectivity index (χ1v) is 11.1. The van der Waals surface area contributed by atoms with E-state index in [0.717, 1.165) is 35.1 Å². The first-order chi connectivity index (χ1) is 14.6. The second kappa shape index (κ2) is 8.33. The summed E-state index contributed by atoms with van der Waals surface area (Å²) in [6.45, 7) is 5.57. The Bertz CT molecular complexity index is 1330. The summed E-state index contributed by atoms with van der Waals surface area (Å²) in [7, 11) is 0. The average molecular weight is 422 g/mol. The smallest absolute Gasteiger partial charge is 0.269 e. The van der Waals surface area contributed by atoms with Gasteiger partial charge in [0.25, 0.3) is 11.5 Å². The van der Waals surface area contributed by atoms with Crippen molar-refractivity contribution in [1.29, 1.82) is 5.26 Å². The Morgan fingerprint density at radius 2 is 2.00 bits per heavy atom. The number of aryl methyl sites for hydroxylation is 1. The number of carbonyl (C=O) groups is 1. The van der Waals surface area contributed by atoms with Gasteiger partial charge in [0.05, 0.1) is 4.53 Å². The summed E-state index contributed by atoms with van der Waals surface area (Å²) in [6.07, 6.45) is 4.43. The van der Waals surface area contributed by atoms with E-state index in [1.165, 1.54) is 15.9 Å². The van der Waals surface area contributed by atoms with E-state index >= 15 is 0 Å². The van der Waals surface area contributed by atoms with Crippen LogP contribution in [0, 0.1) is 11.3 Å². The summed E-state index contributed by atoms with van der Waals surface area (Å²) in [5.41, 5.74) is 1.52. The number of aromatic nitrogens is 1. The Balaban J connectivity index is 1.97. The van der Waals surface area contributed by atoms with Crippen LogP contribution in [0.2, 0.25) is 0 Å². The number of nitriles is 1. The zero-order valence-corrected chi connectivity index (χ0v) is 17.9. The quantitative estimate of drug-likeness (QED) is 0.648. The molecule has 0 radical (unpaired) electrons. The molecule has 0 bridgehead atoms. The molecule has 0 aliphatic carbocycles. The molecule has 2 aromatic heterocycles. The number of hydrogen-bond acceptors (Lipinski definition) is 5. The average Bonchev–Trinajstić information content (AvgIpc) is 3.48. The van der Waals surface area contributed by atoms with Gasteiger partial charge in [0.1, 0.15) is 22.1 Å². The Morgan fingerprint density at radius 1 is 1.27 bits per heavy atom. The molecule has 3 aromatic rings. The molecular weight excluding hydrogens is 398 g/mol. The number of likely N-dealkylation sites (tertiary alicyclic amines) is 1. The van der Waals surface area contributed by atoms with Crippen LogP contribution < -0.4 is 14.8 Å². The van der Waals surface area contributed by atoms with Crippen molar-refractivity contribution in [3.05, 3.63) is 55.1 Å². The van der Waals surface area contributed by atoms with Crippen LogP contribution in [0.3, 0.4) is 0 Å². The summed E-state index contributed by atoms with van der Waals surface area (Å²) in [5.74, 6) is 0.527. The largest absolute Gasteiger partial charge is 0.460 e. The monoisotopic (exact) mass is 421 g/mol. The third-order valence-electron chi connectivity index (χ3n) is 5.46. The lowest BCUT2D eigenvalue weighted by atomic mass is 10.1. The Morgan fingerprint density at radius 3 is 2.67 bits per heavy atom. The molecule has 7 heteroatoms. The van der Waals surface area contributed by atoms with E-state index in [1.54, 1.807) is 4.90 Å². The molecular formula is C23H23N3O3S. The fraction of sp³-hybridized carbons (Fsp3) is 0.348. The maximum absolute atomic E-state index is 13.1. The first kappa shape index (κ1) is 20.2. The van der Waals surface area contributed by atoms with Crippen LogP contribution in [-0.4, -0.2) is 28.5 Å². The van der Waals surface area contributed by atoms with Crippen LogP contribution in [0.5, 0.6) is 0 Å². The van der Waals surface area contributed by atoms with Gasteiger partial charge in [-0.3, -0.25) is 14.2 Å². The maximum Gasteiger partial charge on any atom is 0.269 e. The first-order valence-electron chi connectivity index (χ1n) is 10.2. The molecule has 0 spiro atoms. The van der Waals surface area contributed by atoms with Crippen molar-refractivity contribution >= 4 is 39.9 Å². The molecule has 0 N–H and O–H groups in total. The highest BCUT2D eigenvalue weighted by Crippen LogP contribution is 2.26. The minimum atomic E-state index is -0.284. The second-order valence-corrected chi connectivity index (χ2v) is 8.27. The van der Waals surface area contributed by atoms with Crippen LogP contribution in [0.1, 0.15) is 38.0 Å². The van der Waals surface area contributed by atoms with E-state index in [2.05, 4.69) is 6.07 Å². The number of thiazole rings is 1. The van der Waals surface area contributed by atoms with Crippen molar-refractivity contribution in [2.75, 3.05) is 13.1 Å². The molecule has 30 heavy (non-hydrogen) atoms. The molecule has 154 valence electrons. The normalized spacial score (nSPS) is 15.6. The predicted molar refractivity (Wildman–Crippen MR) is 117 cm³/mol. The number of fused-ring (bicyclic) bond motifs is 1. The van der Waals surface area contributed by atoms with E-state index in [0.29, 0.717) is 35.3 Å². The number of amides is 1. The minimum absolute atomic E-state index is 0.0493. The highest BCUT2D eigenvalue weighted by atomic mass is 32.1. The topological polar surface area (TPSA) is 79.2 Å². The lowest BCUT2D eigenvalue weighted by molar-refractivity contribution is -0.123. The standard InChI is InChI=1S/C23H23N3O3S/c1-3-18-16(15-9-5-6-10-19(15)29-18)13-20-22(28)26(4-2)23(30-20)17(14-24)21(27)25-11-7-8-12-25/h5-6,9-10,13H,3-4,7-8,11-12H2,1-2H3/b20-13-,23-17-. The van der Waals surface area contributed by atoms with E-state index in [-0.39, 0.29) is 17.0 Å². The summed E-state index contributed by atoms with van der Waals surface area (Å²) in [4.78, 5) is 27.7. The van der Waals surface area contributed by atoms with Crippen molar-refractivity contribution in [3.8, 4) is 6.07 Å². The van der Waals surface area contributed by atoms with Crippen molar-refractivity contribution in [3.63, 3.8) is 0 Å². The number of benzene rings is 1. The number of rotatable bonds is 4. The van der Waals surface area contributed by atoms with Crippen LogP contribution in [-0.2, 0) is 17.8 Å². The van der Waals surface area contributed by atoms with Gasteiger partial charge >= 0.3 is 0 Å². The van der Waals surface area contributed by atoms with E-state index in [9.17, 15) is 14.9 Å². The fourth-order valence-corrected chi connectivity index (χ4v) is 5.07. The third-order valence-corrected chi connectivity index (χ3v) is 6.59. The Hall–Kier alpha value is -3.11. The van der Waals surface area contributed by atoms with Gasteiger partial charge < -0.3 is 9.32 Å². The van der Waals surface area contributed by atoms with Crippen molar-refractivity contribution < 1.29 is 9.21 Å². The van der Waals surface area contributed by atoms with Gasteiger partial charge in [0, 0.05) is 37.0 Å². The second-order valence-electron chi connectivity index (χ2n) is 7.24.